The molecule has 0 aliphatic heterocycles. The number of pyridine rings is 1. The normalized spacial score (nSPS) is 9.81. The van der Waals surface area contributed by atoms with Crippen LogP contribution in [0.1, 0.15) is 18.9 Å². The van der Waals surface area contributed by atoms with Crippen LogP contribution in [0.4, 0.5) is 5.82 Å². The Balaban J connectivity index is 2.45. The molecule has 0 bridgehead atoms. The summed E-state index contributed by atoms with van der Waals surface area (Å²) < 4.78 is 6.02. The Morgan fingerprint density at radius 1 is 1.62 bits per heavy atom. The summed E-state index contributed by atoms with van der Waals surface area (Å²) in [5.41, 5.74) is 0.547. The van der Waals surface area contributed by atoms with E-state index in [-0.39, 0.29) is 0 Å². The van der Waals surface area contributed by atoms with Gasteiger partial charge in [-0.1, -0.05) is 0 Å². The molecule has 1 N–H and O–H groups in total. The van der Waals surface area contributed by atoms with Gasteiger partial charge >= 0.3 is 0 Å². The van der Waals surface area contributed by atoms with Crippen molar-refractivity contribution >= 4 is 21.7 Å². The van der Waals surface area contributed by atoms with Gasteiger partial charge in [0.2, 0.25) is 0 Å². The van der Waals surface area contributed by atoms with Gasteiger partial charge in [0, 0.05) is 30.4 Å². The van der Waals surface area contributed by atoms with E-state index in [4.69, 9.17) is 10.00 Å². The topological polar surface area (TPSA) is 57.9 Å². The van der Waals surface area contributed by atoms with Gasteiger partial charge < -0.3 is 10.1 Å². The average Bonchev–Trinajstić information content (AvgIpc) is 2.30. The van der Waals surface area contributed by atoms with Gasteiger partial charge in [-0.2, -0.15) is 5.26 Å². The van der Waals surface area contributed by atoms with E-state index in [2.05, 4.69) is 32.3 Å². The molecule has 0 aromatic carbocycles. The van der Waals surface area contributed by atoms with Crippen molar-refractivity contribution in [3.8, 4) is 6.07 Å². The number of hydrogen-bond acceptors (Lipinski definition) is 4. The van der Waals surface area contributed by atoms with Crippen molar-refractivity contribution in [3.63, 3.8) is 0 Å². The monoisotopic (exact) mass is 283 g/mol. The van der Waals surface area contributed by atoms with Crippen molar-refractivity contribution in [1.29, 1.82) is 5.26 Å². The summed E-state index contributed by atoms with van der Waals surface area (Å²) in [5.74, 6) is 0.627. The maximum absolute atomic E-state index is 8.91. The van der Waals surface area contributed by atoms with Crippen molar-refractivity contribution in [2.45, 2.75) is 13.3 Å². The maximum atomic E-state index is 8.91. The Morgan fingerprint density at radius 2 is 2.44 bits per heavy atom. The molecule has 0 aliphatic rings. The molecule has 0 fully saturated rings. The molecule has 1 aromatic heterocycles. The minimum absolute atomic E-state index is 0.547. The summed E-state index contributed by atoms with van der Waals surface area (Å²) in [5, 5.41) is 12.0. The van der Waals surface area contributed by atoms with E-state index in [9.17, 15) is 0 Å². The Bertz CT molecular complexity index is 376. The molecule has 0 saturated carbocycles. The highest BCUT2D eigenvalue weighted by Crippen LogP contribution is 2.16. The van der Waals surface area contributed by atoms with E-state index in [1.54, 1.807) is 12.3 Å². The standard InChI is InChI=1S/C11H14BrN3O/c1-2-16-5-3-4-14-11-9(7-13)6-10(12)8-15-11/h6,8H,2-5H2,1H3,(H,14,15). The fraction of sp³-hybridized carbons (Fsp3) is 0.455. The Labute approximate surface area is 104 Å². The summed E-state index contributed by atoms with van der Waals surface area (Å²) >= 11 is 3.28. The van der Waals surface area contributed by atoms with Crippen LogP contribution < -0.4 is 5.32 Å². The largest absolute Gasteiger partial charge is 0.382 e. The van der Waals surface area contributed by atoms with Crippen molar-refractivity contribution < 1.29 is 4.74 Å². The van der Waals surface area contributed by atoms with Crippen LogP contribution in [0.2, 0.25) is 0 Å². The number of ether oxygens (including phenoxy) is 1. The number of nitrogens with zero attached hydrogens (tertiary/aromatic N) is 2. The predicted molar refractivity (Wildman–Crippen MR) is 66.3 cm³/mol. The van der Waals surface area contributed by atoms with Crippen LogP contribution in [0, 0.1) is 11.3 Å². The molecule has 16 heavy (non-hydrogen) atoms. The van der Waals surface area contributed by atoms with Crippen LogP contribution in [-0.4, -0.2) is 24.7 Å². The minimum atomic E-state index is 0.547. The van der Waals surface area contributed by atoms with E-state index in [1.165, 1.54) is 0 Å². The Hall–Kier alpha value is -1.12. The molecule has 86 valence electrons. The summed E-state index contributed by atoms with van der Waals surface area (Å²) in [4.78, 5) is 4.15. The number of nitrogens with one attached hydrogen (secondary N) is 1. The zero-order valence-corrected chi connectivity index (χ0v) is 10.7. The zero-order chi connectivity index (χ0) is 11.8. The molecule has 1 rings (SSSR count). The van der Waals surface area contributed by atoms with E-state index >= 15 is 0 Å². The first-order chi connectivity index (χ1) is 7.77. The van der Waals surface area contributed by atoms with Crippen molar-refractivity contribution in [3.05, 3.63) is 22.3 Å². The molecule has 1 aromatic rings. The van der Waals surface area contributed by atoms with Crippen LogP contribution >= 0.6 is 15.9 Å². The molecule has 0 radical (unpaired) electrons. The predicted octanol–water partition coefficient (Wildman–Crippen LogP) is 2.55. The molecule has 0 amide bonds. The molecule has 0 spiro atoms. The Morgan fingerprint density at radius 3 is 3.12 bits per heavy atom. The first kappa shape index (κ1) is 12.9. The second kappa shape index (κ2) is 7.20. The molecule has 4 nitrogen and oxygen atoms in total. The number of anilines is 1. The lowest BCUT2D eigenvalue weighted by Crippen LogP contribution is -2.08. The van der Waals surface area contributed by atoms with E-state index in [0.29, 0.717) is 11.4 Å². The van der Waals surface area contributed by atoms with Crippen LogP contribution in [-0.2, 0) is 4.74 Å². The highest BCUT2D eigenvalue weighted by atomic mass is 79.9. The molecule has 0 atom stereocenters. The summed E-state index contributed by atoms with van der Waals surface area (Å²) in [6.07, 6.45) is 2.57. The lowest BCUT2D eigenvalue weighted by Gasteiger charge is -2.07. The van der Waals surface area contributed by atoms with Crippen molar-refractivity contribution in [2.75, 3.05) is 25.1 Å². The smallest absolute Gasteiger partial charge is 0.143 e. The highest BCUT2D eigenvalue weighted by molar-refractivity contribution is 9.10. The average molecular weight is 284 g/mol. The van der Waals surface area contributed by atoms with Crippen molar-refractivity contribution in [1.82, 2.24) is 4.98 Å². The third-order valence-corrected chi connectivity index (χ3v) is 2.37. The first-order valence-corrected chi connectivity index (χ1v) is 5.94. The summed E-state index contributed by atoms with van der Waals surface area (Å²) in [6.45, 7) is 4.18. The van der Waals surface area contributed by atoms with Crippen molar-refractivity contribution in [2.24, 2.45) is 0 Å². The summed E-state index contributed by atoms with van der Waals surface area (Å²) in [6, 6.07) is 3.85. The van der Waals surface area contributed by atoms with Gasteiger partial charge in [-0.25, -0.2) is 4.98 Å². The highest BCUT2D eigenvalue weighted by Gasteiger charge is 2.03. The lowest BCUT2D eigenvalue weighted by molar-refractivity contribution is 0.147. The zero-order valence-electron chi connectivity index (χ0n) is 9.16. The second-order valence-corrected chi connectivity index (χ2v) is 4.05. The molecule has 0 aliphatic carbocycles. The fourth-order valence-electron chi connectivity index (χ4n) is 1.19. The fourth-order valence-corrected chi connectivity index (χ4v) is 1.52. The minimum Gasteiger partial charge on any atom is -0.382 e. The number of aromatic nitrogens is 1. The molecule has 5 heteroatoms. The third kappa shape index (κ3) is 4.17. The molecule has 0 saturated heterocycles. The number of rotatable bonds is 6. The van der Waals surface area contributed by atoms with E-state index < -0.39 is 0 Å². The maximum Gasteiger partial charge on any atom is 0.143 e. The van der Waals surface area contributed by atoms with Gasteiger partial charge in [0.15, 0.2) is 0 Å². The second-order valence-electron chi connectivity index (χ2n) is 3.14. The molecular weight excluding hydrogens is 270 g/mol. The molecular formula is C11H14BrN3O. The van der Waals surface area contributed by atoms with Crippen LogP contribution in [0.5, 0.6) is 0 Å². The number of halogens is 1. The number of nitriles is 1. The van der Waals surface area contributed by atoms with Gasteiger partial charge in [0.1, 0.15) is 11.9 Å². The van der Waals surface area contributed by atoms with Gasteiger partial charge in [-0.05, 0) is 35.3 Å². The number of hydrogen-bond donors (Lipinski definition) is 1. The molecule has 0 unspecified atom stereocenters. The van der Waals surface area contributed by atoms with Gasteiger partial charge in [-0.3, -0.25) is 0 Å². The van der Waals surface area contributed by atoms with Gasteiger partial charge in [0.25, 0.3) is 0 Å². The van der Waals surface area contributed by atoms with Crippen LogP contribution in [0.15, 0.2) is 16.7 Å². The van der Waals surface area contributed by atoms with Gasteiger partial charge in [-0.15, -0.1) is 0 Å². The SMILES string of the molecule is CCOCCCNc1ncc(Br)cc1C#N. The summed E-state index contributed by atoms with van der Waals surface area (Å²) in [7, 11) is 0. The van der Waals surface area contributed by atoms with E-state index in [1.807, 2.05) is 6.92 Å². The Kier molecular flexibility index (Phi) is 5.83. The lowest BCUT2D eigenvalue weighted by atomic mass is 10.3. The quantitative estimate of drug-likeness (QED) is 0.816. The molecule has 1 heterocycles. The van der Waals surface area contributed by atoms with Gasteiger partial charge in [0.05, 0.1) is 5.56 Å². The third-order valence-electron chi connectivity index (χ3n) is 1.94. The van der Waals surface area contributed by atoms with Crippen LogP contribution in [0.3, 0.4) is 0 Å². The van der Waals surface area contributed by atoms with Crippen LogP contribution in [0.25, 0.3) is 0 Å². The van der Waals surface area contributed by atoms with E-state index in [0.717, 1.165) is 30.7 Å². The first-order valence-electron chi connectivity index (χ1n) is 5.15.